The third kappa shape index (κ3) is 3.98. The van der Waals surface area contributed by atoms with E-state index in [4.69, 9.17) is 17.3 Å². The molecule has 0 bridgehead atoms. The predicted octanol–water partition coefficient (Wildman–Crippen LogP) is 3.30. The Morgan fingerprint density at radius 3 is 2.47 bits per heavy atom. The van der Waals surface area contributed by atoms with Gasteiger partial charge in [-0.3, -0.25) is 0 Å². The average Bonchev–Trinajstić information content (AvgIpc) is 2.24. The van der Waals surface area contributed by atoms with Crippen LogP contribution in [0.4, 0.5) is 0 Å². The lowest BCUT2D eigenvalue weighted by Gasteiger charge is -2.24. The number of aryl methyl sites for hydroxylation is 1. The summed E-state index contributed by atoms with van der Waals surface area (Å²) < 4.78 is 0. The van der Waals surface area contributed by atoms with Crippen LogP contribution >= 0.6 is 11.6 Å². The van der Waals surface area contributed by atoms with Gasteiger partial charge in [-0.05, 0) is 43.0 Å². The largest absolute Gasteiger partial charge is 0.388 e. The summed E-state index contributed by atoms with van der Waals surface area (Å²) in [6, 6.07) is 5.74. The monoisotopic (exact) mass is 255 g/mol. The van der Waals surface area contributed by atoms with Crippen LogP contribution < -0.4 is 5.73 Å². The third-order valence-corrected chi connectivity index (χ3v) is 3.33. The summed E-state index contributed by atoms with van der Waals surface area (Å²) in [6.45, 7) is 6.72. The van der Waals surface area contributed by atoms with E-state index < -0.39 is 6.10 Å². The van der Waals surface area contributed by atoms with Crippen molar-refractivity contribution in [3.05, 3.63) is 34.3 Å². The van der Waals surface area contributed by atoms with Crippen LogP contribution in [-0.4, -0.2) is 11.7 Å². The van der Waals surface area contributed by atoms with Gasteiger partial charge in [0.2, 0.25) is 0 Å². The molecule has 0 aromatic heterocycles. The van der Waals surface area contributed by atoms with Gasteiger partial charge in [0.05, 0.1) is 6.10 Å². The molecule has 3 N–H and O–H groups in total. The van der Waals surface area contributed by atoms with Gasteiger partial charge in [-0.2, -0.15) is 0 Å². The van der Waals surface area contributed by atoms with Crippen LogP contribution in [0.25, 0.3) is 0 Å². The van der Waals surface area contributed by atoms with Crippen LogP contribution in [0.2, 0.25) is 5.02 Å². The summed E-state index contributed by atoms with van der Waals surface area (Å²) in [5.41, 5.74) is 7.62. The highest BCUT2D eigenvalue weighted by atomic mass is 35.5. The van der Waals surface area contributed by atoms with E-state index >= 15 is 0 Å². The molecule has 0 aliphatic rings. The Morgan fingerprint density at radius 2 is 2.00 bits per heavy atom. The fraction of sp³-hybridized carbons (Fsp3) is 0.571. The Balaban J connectivity index is 2.89. The predicted molar refractivity (Wildman–Crippen MR) is 73.1 cm³/mol. The highest BCUT2D eigenvalue weighted by Gasteiger charge is 2.22. The average molecular weight is 256 g/mol. The molecule has 96 valence electrons. The Morgan fingerprint density at radius 1 is 1.35 bits per heavy atom. The molecular weight excluding hydrogens is 234 g/mol. The Labute approximate surface area is 109 Å². The van der Waals surface area contributed by atoms with Gasteiger partial charge in [-0.1, -0.05) is 37.6 Å². The summed E-state index contributed by atoms with van der Waals surface area (Å²) in [7, 11) is 0. The van der Waals surface area contributed by atoms with Gasteiger partial charge >= 0.3 is 0 Å². The molecule has 0 aliphatic heterocycles. The molecule has 0 spiro atoms. The van der Waals surface area contributed by atoms with Gasteiger partial charge in [-0.15, -0.1) is 0 Å². The number of hydrogen-bond acceptors (Lipinski definition) is 2. The SMILES string of the molecule is Cc1ccc(C(O)C(CN)CC(C)C)c(Cl)c1. The molecule has 0 heterocycles. The lowest BCUT2D eigenvalue weighted by molar-refractivity contribution is 0.0995. The van der Waals surface area contributed by atoms with Crippen molar-refractivity contribution in [2.75, 3.05) is 6.54 Å². The second-order valence-corrected chi connectivity index (χ2v) is 5.50. The molecule has 0 saturated heterocycles. The van der Waals surface area contributed by atoms with E-state index in [1.165, 1.54) is 0 Å². The van der Waals surface area contributed by atoms with E-state index in [-0.39, 0.29) is 5.92 Å². The van der Waals surface area contributed by atoms with Crippen molar-refractivity contribution in [2.24, 2.45) is 17.6 Å². The molecule has 0 aliphatic carbocycles. The quantitative estimate of drug-likeness (QED) is 0.848. The van der Waals surface area contributed by atoms with Crippen LogP contribution in [0.1, 0.15) is 37.5 Å². The minimum atomic E-state index is -0.574. The van der Waals surface area contributed by atoms with Crippen molar-refractivity contribution in [3.8, 4) is 0 Å². The van der Waals surface area contributed by atoms with Crippen LogP contribution in [-0.2, 0) is 0 Å². The van der Waals surface area contributed by atoms with Gasteiger partial charge in [-0.25, -0.2) is 0 Å². The molecule has 0 fully saturated rings. The fourth-order valence-corrected chi connectivity index (χ4v) is 2.43. The number of benzene rings is 1. The standard InChI is InChI=1S/C14H22ClNO/c1-9(2)6-11(8-16)14(17)12-5-4-10(3)7-13(12)15/h4-5,7,9,11,14,17H,6,8,16H2,1-3H3. The normalized spacial score (nSPS) is 15.0. The van der Waals surface area contributed by atoms with Gasteiger partial charge in [0, 0.05) is 10.9 Å². The lowest BCUT2D eigenvalue weighted by atomic mass is 9.88. The molecule has 1 aromatic rings. The second-order valence-electron chi connectivity index (χ2n) is 5.10. The van der Waals surface area contributed by atoms with E-state index in [0.717, 1.165) is 17.5 Å². The first-order chi connectivity index (χ1) is 7.95. The Kier molecular flexibility index (Phi) is 5.44. The first-order valence-corrected chi connectivity index (χ1v) is 6.47. The molecule has 2 nitrogen and oxygen atoms in total. The fourth-order valence-electron chi connectivity index (χ4n) is 2.09. The van der Waals surface area contributed by atoms with Crippen molar-refractivity contribution in [1.82, 2.24) is 0 Å². The number of halogens is 1. The van der Waals surface area contributed by atoms with Crippen molar-refractivity contribution >= 4 is 11.6 Å². The van der Waals surface area contributed by atoms with E-state index in [2.05, 4.69) is 13.8 Å². The molecule has 0 amide bonds. The summed E-state index contributed by atoms with van der Waals surface area (Å²) in [6.07, 6.45) is 0.331. The molecule has 1 rings (SSSR count). The first kappa shape index (κ1) is 14.5. The van der Waals surface area contributed by atoms with E-state index in [9.17, 15) is 5.11 Å². The topological polar surface area (TPSA) is 46.2 Å². The lowest BCUT2D eigenvalue weighted by Crippen LogP contribution is -2.23. The van der Waals surface area contributed by atoms with Gasteiger partial charge in [0.1, 0.15) is 0 Å². The molecule has 0 radical (unpaired) electrons. The minimum Gasteiger partial charge on any atom is -0.388 e. The van der Waals surface area contributed by atoms with Gasteiger partial charge < -0.3 is 10.8 Å². The van der Waals surface area contributed by atoms with E-state index in [1.807, 2.05) is 25.1 Å². The molecule has 0 saturated carbocycles. The summed E-state index contributed by atoms with van der Waals surface area (Å²) >= 11 is 6.16. The van der Waals surface area contributed by atoms with E-state index in [1.54, 1.807) is 0 Å². The third-order valence-electron chi connectivity index (χ3n) is 3.00. The molecular formula is C14H22ClNO. The van der Waals surface area contributed by atoms with Gasteiger partial charge in [0.25, 0.3) is 0 Å². The zero-order valence-corrected chi connectivity index (χ0v) is 11.5. The summed E-state index contributed by atoms with van der Waals surface area (Å²) in [4.78, 5) is 0. The smallest absolute Gasteiger partial charge is 0.0844 e. The highest BCUT2D eigenvalue weighted by molar-refractivity contribution is 6.31. The van der Waals surface area contributed by atoms with Crippen molar-refractivity contribution in [3.63, 3.8) is 0 Å². The first-order valence-electron chi connectivity index (χ1n) is 6.09. The molecule has 1 aromatic carbocycles. The van der Waals surface area contributed by atoms with Crippen LogP contribution in [0.5, 0.6) is 0 Å². The number of aliphatic hydroxyl groups excluding tert-OH is 1. The number of nitrogens with two attached hydrogens (primary N) is 1. The Hall–Kier alpha value is -0.570. The maximum absolute atomic E-state index is 10.3. The summed E-state index contributed by atoms with van der Waals surface area (Å²) in [5.74, 6) is 0.581. The Bertz CT molecular complexity index is 365. The zero-order chi connectivity index (χ0) is 13.0. The highest BCUT2D eigenvalue weighted by Crippen LogP contribution is 2.31. The van der Waals surface area contributed by atoms with Crippen molar-refractivity contribution in [1.29, 1.82) is 0 Å². The second kappa shape index (κ2) is 6.39. The van der Waals surface area contributed by atoms with Crippen LogP contribution in [0.15, 0.2) is 18.2 Å². The van der Waals surface area contributed by atoms with Crippen molar-refractivity contribution < 1.29 is 5.11 Å². The molecule has 3 heteroatoms. The van der Waals surface area contributed by atoms with Gasteiger partial charge in [0.15, 0.2) is 0 Å². The van der Waals surface area contributed by atoms with Crippen LogP contribution in [0, 0.1) is 18.8 Å². The van der Waals surface area contributed by atoms with Crippen molar-refractivity contribution in [2.45, 2.75) is 33.3 Å². The number of rotatable bonds is 5. The molecule has 2 unspecified atom stereocenters. The molecule has 17 heavy (non-hydrogen) atoms. The maximum atomic E-state index is 10.3. The minimum absolute atomic E-state index is 0.0650. The van der Waals surface area contributed by atoms with E-state index in [0.29, 0.717) is 17.5 Å². The number of hydrogen-bond donors (Lipinski definition) is 2. The van der Waals surface area contributed by atoms with Crippen LogP contribution in [0.3, 0.4) is 0 Å². The number of aliphatic hydroxyl groups is 1. The zero-order valence-electron chi connectivity index (χ0n) is 10.8. The summed E-state index contributed by atoms with van der Waals surface area (Å²) in [5, 5.41) is 11.0. The maximum Gasteiger partial charge on any atom is 0.0844 e. The molecule has 2 atom stereocenters.